The largest absolute Gasteiger partial charge is 0.375 e. The Morgan fingerprint density at radius 1 is 1.33 bits per heavy atom. The molecular weight excluding hydrogens is 308 g/mol. The Bertz CT molecular complexity index is 226. The van der Waals surface area contributed by atoms with Crippen LogP contribution in [0.5, 0.6) is 0 Å². The molecule has 0 rings (SSSR count). The minimum absolute atomic E-state index is 0.0358. The highest BCUT2D eigenvalue weighted by atomic mass is 79.9. The monoisotopic (exact) mass is 329 g/mol. The zero-order valence-electron chi connectivity index (χ0n) is 10.9. The van der Waals surface area contributed by atoms with Crippen molar-refractivity contribution in [2.75, 3.05) is 19.8 Å². The fourth-order valence-corrected chi connectivity index (χ4v) is 2.51. The van der Waals surface area contributed by atoms with E-state index in [0.717, 1.165) is 12.8 Å². The normalized spacial score (nSPS) is 13.1. The predicted octanol–water partition coefficient (Wildman–Crippen LogP) is 2.97. The van der Waals surface area contributed by atoms with Crippen molar-refractivity contribution in [3.63, 3.8) is 0 Å². The van der Waals surface area contributed by atoms with Gasteiger partial charge in [0.15, 0.2) is 0 Å². The second kappa shape index (κ2) is 10.7. The van der Waals surface area contributed by atoms with Gasteiger partial charge < -0.3 is 10.1 Å². The van der Waals surface area contributed by atoms with Crippen LogP contribution in [0, 0.1) is 5.92 Å². The number of rotatable bonds is 10. The molecule has 0 aromatic carbocycles. The molecule has 108 valence electrons. The third-order valence-electron chi connectivity index (χ3n) is 2.77. The zero-order chi connectivity index (χ0) is 14.0. The molecular formula is C12H22BrF2NO2. The van der Waals surface area contributed by atoms with Crippen molar-refractivity contribution in [2.24, 2.45) is 5.92 Å². The molecule has 0 aromatic heterocycles. The lowest BCUT2D eigenvalue weighted by Crippen LogP contribution is -2.33. The van der Waals surface area contributed by atoms with Gasteiger partial charge in [0.2, 0.25) is 5.91 Å². The lowest BCUT2D eigenvalue weighted by atomic mass is 9.99. The fraction of sp³-hybridized carbons (Fsp3) is 0.917. The van der Waals surface area contributed by atoms with Crippen LogP contribution in [-0.2, 0) is 9.53 Å². The van der Waals surface area contributed by atoms with Gasteiger partial charge in [-0.15, -0.1) is 0 Å². The van der Waals surface area contributed by atoms with Crippen molar-refractivity contribution in [1.29, 1.82) is 0 Å². The number of hydrogen-bond donors (Lipinski definition) is 1. The fourth-order valence-electron chi connectivity index (χ4n) is 1.60. The molecule has 6 heteroatoms. The van der Waals surface area contributed by atoms with E-state index in [1.807, 2.05) is 0 Å². The summed E-state index contributed by atoms with van der Waals surface area (Å²) in [6.07, 6.45) is -0.246. The van der Waals surface area contributed by atoms with Crippen LogP contribution in [0.1, 0.15) is 33.1 Å². The maximum Gasteiger partial charge on any atom is 0.261 e. The van der Waals surface area contributed by atoms with Gasteiger partial charge in [0.25, 0.3) is 6.43 Å². The third-order valence-corrected chi connectivity index (χ3v) is 3.84. The van der Waals surface area contributed by atoms with Gasteiger partial charge in [-0.1, -0.05) is 42.6 Å². The molecule has 0 saturated heterocycles. The Labute approximate surface area is 116 Å². The van der Waals surface area contributed by atoms with Gasteiger partial charge in [-0.25, -0.2) is 8.78 Å². The average Bonchev–Trinajstić information content (AvgIpc) is 2.33. The molecule has 0 saturated carbocycles. The summed E-state index contributed by atoms with van der Waals surface area (Å²) >= 11 is 3.55. The van der Waals surface area contributed by atoms with Crippen LogP contribution < -0.4 is 5.32 Å². The van der Waals surface area contributed by atoms with Crippen molar-refractivity contribution in [2.45, 2.75) is 44.4 Å². The van der Waals surface area contributed by atoms with Crippen LogP contribution in [-0.4, -0.2) is 36.9 Å². The van der Waals surface area contributed by atoms with Gasteiger partial charge in [0, 0.05) is 17.8 Å². The first-order chi connectivity index (χ1) is 8.51. The quantitative estimate of drug-likeness (QED) is 0.494. The Balaban J connectivity index is 3.63. The first kappa shape index (κ1) is 17.8. The molecule has 1 N–H and O–H groups in total. The molecule has 3 nitrogen and oxygen atoms in total. The summed E-state index contributed by atoms with van der Waals surface area (Å²) in [5, 5.41) is 2.77. The molecule has 0 aliphatic rings. The SMILES string of the molecule is CCC(CC)C(Br)CNC(=O)CCOCC(F)F. The van der Waals surface area contributed by atoms with Crippen molar-refractivity contribution >= 4 is 21.8 Å². The number of halogens is 3. The number of ether oxygens (including phenoxy) is 1. The third kappa shape index (κ3) is 8.80. The molecule has 0 aliphatic carbocycles. The molecule has 0 aliphatic heterocycles. The van der Waals surface area contributed by atoms with Crippen LogP contribution in [0.25, 0.3) is 0 Å². The van der Waals surface area contributed by atoms with Crippen LogP contribution >= 0.6 is 15.9 Å². The molecule has 0 fully saturated rings. The van der Waals surface area contributed by atoms with Gasteiger partial charge in [0.1, 0.15) is 6.61 Å². The molecule has 18 heavy (non-hydrogen) atoms. The molecule has 1 amide bonds. The Morgan fingerprint density at radius 3 is 2.44 bits per heavy atom. The van der Waals surface area contributed by atoms with E-state index in [1.165, 1.54) is 0 Å². The lowest BCUT2D eigenvalue weighted by Gasteiger charge is -2.19. The Kier molecular flexibility index (Phi) is 10.5. The van der Waals surface area contributed by atoms with Crippen LogP contribution in [0.15, 0.2) is 0 Å². The van der Waals surface area contributed by atoms with E-state index in [1.54, 1.807) is 0 Å². The minimum Gasteiger partial charge on any atom is -0.375 e. The highest BCUT2D eigenvalue weighted by Gasteiger charge is 2.15. The van der Waals surface area contributed by atoms with Crippen LogP contribution in [0.4, 0.5) is 8.78 Å². The number of carbonyl (C=O) groups is 1. The van der Waals surface area contributed by atoms with Crippen LogP contribution in [0.2, 0.25) is 0 Å². The van der Waals surface area contributed by atoms with Gasteiger partial charge >= 0.3 is 0 Å². The predicted molar refractivity (Wildman–Crippen MR) is 71.2 cm³/mol. The van der Waals surface area contributed by atoms with E-state index < -0.39 is 13.0 Å². The number of amides is 1. The standard InChI is InChI=1S/C12H22BrF2NO2/c1-3-9(4-2)10(13)7-16-12(17)5-6-18-8-11(14)15/h9-11H,3-8H2,1-2H3,(H,16,17). The van der Waals surface area contributed by atoms with Gasteiger partial charge in [0.05, 0.1) is 6.61 Å². The first-order valence-corrected chi connectivity index (χ1v) is 7.19. The van der Waals surface area contributed by atoms with E-state index in [9.17, 15) is 13.6 Å². The van der Waals surface area contributed by atoms with E-state index in [4.69, 9.17) is 0 Å². The highest BCUT2D eigenvalue weighted by Crippen LogP contribution is 2.19. The van der Waals surface area contributed by atoms with E-state index in [-0.39, 0.29) is 23.8 Å². The molecule has 0 heterocycles. The highest BCUT2D eigenvalue weighted by molar-refractivity contribution is 9.09. The maximum atomic E-state index is 11.7. The van der Waals surface area contributed by atoms with Gasteiger partial charge in [-0.2, -0.15) is 0 Å². The van der Waals surface area contributed by atoms with Gasteiger partial charge in [-0.05, 0) is 5.92 Å². The average molecular weight is 330 g/mol. The number of carbonyl (C=O) groups excluding carboxylic acids is 1. The van der Waals surface area contributed by atoms with E-state index >= 15 is 0 Å². The number of alkyl halides is 3. The van der Waals surface area contributed by atoms with Crippen molar-refractivity contribution in [3.8, 4) is 0 Å². The summed E-state index contributed by atoms with van der Waals surface area (Å²) in [7, 11) is 0. The van der Waals surface area contributed by atoms with E-state index in [0.29, 0.717) is 12.5 Å². The zero-order valence-corrected chi connectivity index (χ0v) is 12.5. The van der Waals surface area contributed by atoms with Crippen molar-refractivity contribution in [3.05, 3.63) is 0 Å². The topological polar surface area (TPSA) is 38.3 Å². The summed E-state index contributed by atoms with van der Waals surface area (Å²) in [6.45, 7) is 4.21. The lowest BCUT2D eigenvalue weighted by molar-refractivity contribution is -0.122. The summed E-state index contributed by atoms with van der Waals surface area (Å²) in [5.74, 6) is 0.361. The second-order valence-electron chi connectivity index (χ2n) is 4.11. The molecule has 0 spiro atoms. The molecule has 0 radical (unpaired) electrons. The summed E-state index contributed by atoms with van der Waals surface area (Å²) < 4.78 is 28.1. The second-order valence-corrected chi connectivity index (χ2v) is 5.29. The smallest absolute Gasteiger partial charge is 0.261 e. The van der Waals surface area contributed by atoms with Crippen molar-refractivity contribution in [1.82, 2.24) is 5.32 Å². The molecule has 1 unspecified atom stereocenters. The van der Waals surface area contributed by atoms with Crippen molar-refractivity contribution < 1.29 is 18.3 Å². The van der Waals surface area contributed by atoms with Crippen LogP contribution in [0.3, 0.4) is 0 Å². The number of hydrogen-bond acceptors (Lipinski definition) is 2. The number of nitrogens with one attached hydrogen (secondary N) is 1. The Hall–Kier alpha value is -0.230. The molecule has 0 bridgehead atoms. The van der Waals surface area contributed by atoms with E-state index in [2.05, 4.69) is 39.8 Å². The summed E-state index contributed by atoms with van der Waals surface area (Å²) in [4.78, 5) is 11.6. The summed E-state index contributed by atoms with van der Waals surface area (Å²) in [5.41, 5.74) is 0. The molecule has 0 aromatic rings. The van der Waals surface area contributed by atoms with Gasteiger partial charge in [-0.3, -0.25) is 4.79 Å². The summed E-state index contributed by atoms with van der Waals surface area (Å²) in [6, 6.07) is 0. The molecule has 1 atom stereocenters. The minimum atomic E-state index is -2.48. The Morgan fingerprint density at radius 2 is 1.94 bits per heavy atom. The first-order valence-electron chi connectivity index (χ1n) is 6.27. The maximum absolute atomic E-state index is 11.7.